The minimum absolute atomic E-state index is 0.429. The first-order valence-electron chi connectivity index (χ1n) is 8.22. The van der Waals surface area contributed by atoms with Gasteiger partial charge in [-0.3, -0.25) is 9.80 Å². The largest absolute Gasteiger partial charge is 0.328 e. The molecular weight excluding hydrogens is 280 g/mol. The van der Waals surface area contributed by atoms with Crippen LogP contribution in [0.2, 0.25) is 0 Å². The maximum Gasteiger partial charge on any atom is 0.0900 e. The molecule has 1 aromatic heterocycles. The first kappa shape index (κ1) is 15.4. The number of hydrogen-bond acceptors (Lipinski definition) is 5. The van der Waals surface area contributed by atoms with E-state index in [1.165, 1.54) is 48.2 Å². The summed E-state index contributed by atoms with van der Waals surface area (Å²) in [5.74, 6) is 0. The zero-order valence-electron chi connectivity index (χ0n) is 13.5. The molecule has 0 saturated carbocycles. The molecule has 0 aromatic carbocycles. The van der Waals surface area contributed by atoms with Crippen LogP contribution in [-0.2, 0) is 0 Å². The highest BCUT2D eigenvalue weighted by atomic mass is 32.1. The number of aromatic nitrogens is 1. The third-order valence-corrected chi connectivity index (χ3v) is 6.07. The molecule has 2 saturated heterocycles. The van der Waals surface area contributed by atoms with Gasteiger partial charge in [-0.05, 0) is 53.1 Å². The van der Waals surface area contributed by atoms with E-state index in [1.54, 1.807) is 0 Å². The van der Waals surface area contributed by atoms with E-state index in [4.69, 9.17) is 10.7 Å². The zero-order chi connectivity index (χ0) is 15.0. The number of hydrogen-bond donors (Lipinski definition) is 1. The number of likely N-dealkylation sites (tertiary alicyclic amines) is 2. The van der Waals surface area contributed by atoms with Crippen molar-refractivity contribution < 1.29 is 0 Å². The van der Waals surface area contributed by atoms with E-state index in [0.717, 1.165) is 18.9 Å². The maximum atomic E-state index is 6.02. The van der Waals surface area contributed by atoms with Crippen LogP contribution in [0.25, 0.3) is 0 Å². The molecule has 3 heterocycles. The predicted octanol–water partition coefficient (Wildman–Crippen LogP) is 2.32. The van der Waals surface area contributed by atoms with Crippen molar-refractivity contribution in [3.8, 4) is 0 Å². The Balaban J connectivity index is 1.60. The van der Waals surface area contributed by atoms with Crippen LogP contribution in [0.15, 0.2) is 0 Å². The summed E-state index contributed by atoms with van der Waals surface area (Å²) in [6.45, 7) is 11.4. The molecule has 0 amide bonds. The van der Waals surface area contributed by atoms with Crippen molar-refractivity contribution in [2.45, 2.75) is 58.2 Å². The Morgan fingerprint density at radius 1 is 1.19 bits per heavy atom. The smallest absolute Gasteiger partial charge is 0.0900 e. The topological polar surface area (TPSA) is 45.4 Å². The van der Waals surface area contributed by atoms with E-state index < -0.39 is 0 Å². The number of rotatable bonds is 3. The number of nitrogens with zero attached hydrogens (tertiary/aromatic N) is 3. The van der Waals surface area contributed by atoms with Crippen LogP contribution in [-0.4, -0.2) is 53.0 Å². The molecule has 2 atom stereocenters. The molecule has 21 heavy (non-hydrogen) atoms. The third kappa shape index (κ3) is 3.31. The highest BCUT2D eigenvalue weighted by Gasteiger charge is 2.33. The summed E-state index contributed by atoms with van der Waals surface area (Å²) in [4.78, 5) is 11.4. The van der Waals surface area contributed by atoms with Gasteiger partial charge in [-0.25, -0.2) is 4.98 Å². The van der Waals surface area contributed by atoms with Crippen molar-refractivity contribution in [3.63, 3.8) is 0 Å². The first-order chi connectivity index (χ1) is 10.0. The fourth-order valence-electron chi connectivity index (χ4n) is 3.81. The second kappa shape index (κ2) is 6.32. The van der Waals surface area contributed by atoms with Gasteiger partial charge in [0, 0.05) is 30.1 Å². The molecule has 4 nitrogen and oxygen atoms in total. The molecule has 0 aliphatic carbocycles. The van der Waals surface area contributed by atoms with Crippen LogP contribution in [0.3, 0.4) is 0 Å². The van der Waals surface area contributed by atoms with Gasteiger partial charge in [-0.2, -0.15) is 0 Å². The van der Waals surface area contributed by atoms with E-state index >= 15 is 0 Å². The van der Waals surface area contributed by atoms with Gasteiger partial charge in [0.2, 0.25) is 0 Å². The zero-order valence-corrected chi connectivity index (χ0v) is 14.3. The minimum atomic E-state index is 0.429. The van der Waals surface area contributed by atoms with E-state index in [0.29, 0.717) is 12.1 Å². The van der Waals surface area contributed by atoms with Gasteiger partial charge in [0.25, 0.3) is 0 Å². The Hall–Kier alpha value is -0.490. The average Bonchev–Trinajstić information content (AvgIpc) is 3.06. The molecule has 5 heteroatoms. The van der Waals surface area contributed by atoms with Crippen LogP contribution >= 0.6 is 11.3 Å². The van der Waals surface area contributed by atoms with Gasteiger partial charge >= 0.3 is 0 Å². The summed E-state index contributed by atoms with van der Waals surface area (Å²) in [6.07, 6.45) is 3.62. The van der Waals surface area contributed by atoms with E-state index in [-0.39, 0.29) is 0 Å². The molecule has 1 aromatic rings. The lowest BCUT2D eigenvalue weighted by Crippen LogP contribution is -2.46. The maximum absolute atomic E-state index is 6.02. The first-order valence-corrected chi connectivity index (χ1v) is 9.04. The quantitative estimate of drug-likeness (QED) is 0.931. The molecule has 3 rings (SSSR count). The number of aryl methyl sites for hydroxylation is 2. The van der Waals surface area contributed by atoms with Crippen molar-refractivity contribution in [1.29, 1.82) is 0 Å². The van der Waals surface area contributed by atoms with Crippen LogP contribution in [0.5, 0.6) is 0 Å². The molecule has 2 N–H and O–H groups in total. The van der Waals surface area contributed by atoms with Crippen molar-refractivity contribution in [2.24, 2.45) is 5.73 Å². The van der Waals surface area contributed by atoms with Gasteiger partial charge in [0.1, 0.15) is 0 Å². The average molecular weight is 308 g/mol. The molecule has 2 aliphatic rings. The third-order valence-electron chi connectivity index (χ3n) is 5.17. The van der Waals surface area contributed by atoms with Crippen molar-refractivity contribution >= 4 is 11.3 Å². The Kier molecular flexibility index (Phi) is 4.64. The summed E-state index contributed by atoms with van der Waals surface area (Å²) in [7, 11) is 0. The molecule has 2 aliphatic heterocycles. The summed E-state index contributed by atoms with van der Waals surface area (Å²) >= 11 is 1.82. The Labute approximate surface area is 132 Å². The fraction of sp³-hybridized carbons (Fsp3) is 0.812. The summed E-state index contributed by atoms with van der Waals surface area (Å²) < 4.78 is 0. The number of piperidine rings is 1. The molecule has 2 fully saturated rings. The van der Waals surface area contributed by atoms with Crippen molar-refractivity contribution in [3.05, 3.63) is 15.6 Å². The van der Waals surface area contributed by atoms with E-state index in [2.05, 4.69) is 30.6 Å². The van der Waals surface area contributed by atoms with Crippen LogP contribution < -0.4 is 5.73 Å². The normalized spacial score (nSPS) is 27.3. The van der Waals surface area contributed by atoms with Crippen LogP contribution in [0.4, 0.5) is 0 Å². The SMILES string of the molecule is Cc1nc(C(C)N2CCC(N3CCC(N)CC3)C2)c(C)s1. The van der Waals surface area contributed by atoms with E-state index in [1.807, 2.05) is 11.3 Å². The fourth-order valence-corrected chi connectivity index (χ4v) is 4.72. The molecular formula is C16H28N4S. The Morgan fingerprint density at radius 2 is 1.90 bits per heavy atom. The molecule has 0 spiro atoms. The summed E-state index contributed by atoms with van der Waals surface area (Å²) in [5, 5.41) is 1.19. The lowest BCUT2D eigenvalue weighted by atomic mass is 10.0. The van der Waals surface area contributed by atoms with Gasteiger partial charge in [-0.15, -0.1) is 11.3 Å². The molecule has 2 unspecified atom stereocenters. The monoisotopic (exact) mass is 308 g/mol. The van der Waals surface area contributed by atoms with Crippen LogP contribution in [0.1, 0.15) is 47.8 Å². The van der Waals surface area contributed by atoms with E-state index in [9.17, 15) is 0 Å². The predicted molar refractivity (Wildman–Crippen MR) is 88.8 cm³/mol. The highest BCUT2D eigenvalue weighted by Crippen LogP contribution is 2.31. The number of thiazole rings is 1. The van der Waals surface area contributed by atoms with Crippen molar-refractivity contribution in [2.75, 3.05) is 26.2 Å². The molecule has 118 valence electrons. The molecule has 0 radical (unpaired) electrons. The molecule has 0 bridgehead atoms. The van der Waals surface area contributed by atoms with Gasteiger partial charge in [0.05, 0.1) is 16.7 Å². The second-order valence-corrected chi connectivity index (χ2v) is 8.07. The number of nitrogens with two attached hydrogens (primary N) is 1. The van der Waals surface area contributed by atoms with Gasteiger partial charge < -0.3 is 5.73 Å². The Morgan fingerprint density at radius 3 is 2.52 bits per heavy atom. The van der Waals surface area contributed by atoms with Crippen LogP contribution in [0, 0.1) is 13.8 Å². The summed E-state index contributed by atoms with van der Waals surface area (Å²) in [6, 6.07) is 1.60. The standard InChI is InChI=1S/C16H28N4S/c1-11(16-12(2)21-13(3)18-16)20-9-6-15(10-20)19-7-4-14(17)5-8-19/h11,14-15H,4-10,17H2,1-3H3. The second-order valence-electron chi connectivity index (χ2n) is 6.66. The van der Waals surface area contributed by atoms with Gasteiger partial charge in [-0.1, -0.05) is 0 Å². The van der Waals surface area contributed by atoms with Gasteiger partial charge in [0.15, 0.2) is 0 Å². The lowest BCUT2D eigenvalue weighted by molar-refractivity contribution is 0.145. The summed E-state index contributed by atoms with van der Waals surface area (Å²) in [5.41, 5.74) is 7.31. The Bertz CT molecular complexity index is 479. The minimum Gasteiger partial charge on any atom is -0.328 e. The van der Waals surface area contributed by atoms with Crippen molar-refractivity contribution in [1.82, 2.24) is 14.8 Å². The lowest BCUT2D eigenvalue weighted by Gasteiger charge is -2.35. The highest BCUT2D eigenvalue weighted by molar-refractivity contribution is 7.11.